The molecule has 0 spiro atoms. The van der Waals surface area contributed by atoms with Gasteiger partial charge in [0.25, 0.3) is 0 Å². The lowest BCUT2D eigenvalue weighted by molar-refractivity contribution is 0.0362. The lowest BCUT2D eigenvalue weighted by Crippen LogP contribution is -2.38. The Labute approximate surface area is 170 Å². The Morgan fingerprint density at radius 3 is 2.52 bits per heavy atom. The first-order valence-corrected chi connectivity index (χ1v) is 10.9. The first-order chi connectivity index (χ1) is 13.9. The largest absolute Gasteiger partial charge is 0.447 e. The zero-order valence-corrected chi connectivity index (χ0v) is 16.8. The molecule has 0 radical (unpaired) electrons. The summed E-state index contributed by atoms with van der Waals surface area (Å²) in [5.74, 6) is 1.56. The molecule has 9 heteroatoms. The van der Waals surface area contributed by atoms with Crippen LogP contribution in [0.5, 0.6) is 0 Å². The van der Waals surface area contributed by atoms with Gasteiger partial charge in [0.2, 0.25) is 0 Å². The van der Waals surface area contributed by atoms with E-state index >= 15 is 0 Å². The zero-order valence-electron chi connectivity index (χ0n) is 16.0. The molecule has 29 heavy (non-hydrogen) atoms. The molecule has 1 atom stereocenters. The third-order valence-corrected chi connectivity index (χ3v) is 6.52. The van der Waals surface area contributed by atoms with Crippen molar-refractivity contribution in [3.8, 4) is 11.1 Å². The highest BCUT2D eigenvalue weighted by Gasteiger charge is 2.30. The van der Waals surface area contributed by atoms with E-state index in [0.29, 0.717) is 41.4 Å². The van der Waals surface area contributed by atoms with E-state index in [0.717, 1.165) is 10.7 Å². The van der Waals surface area contributed by atoms with E-state index in [1.54, 1.807) is 12.1 Å². The van der Waals surface area contributed by atoms with Gasteiger partial charge in [0.05, 0.1) is 6.54 Å². The van der Waals surface area contributed by atoms with Crippen LogP contribution in [0.3, 0.4) is 0 Å². The van der Waals surface area contributed by atoms with Crippen molar-refractivity contribution >= 4 is 22.7 Å². The van der Waals surface area contributed by atoms with Gasteiger partial charge in [-0.3, -0.25) is 9.11 Å². The van der Waals surface area contributed by atoms with Crippen LogP contribution in [0.25, 0.3) is 11.1 Å². The van der Waals surface area contributed by atoms with Crippen molar-refractivity contribution in [1.82, 2.24) is 9.88 Å². The number of aromatic nitrogens is 1. The van der Waals surface area contributed by atoms with Crippen molar-refractivity contribution in [2.45, 2.75) is 13.2 Å². The molecule has 1 aromatic heterocycles. The summed E-state index contributed by atoms with van der Waals surface area (Å²) in [7, 11) is -0.759. The number of nitrogens with zero attached hydrogens (tertiary/aromatic N) is 3. The normalized spacial score (nSPS) is 18.8. The number of hydrogen-bond donors (Lipinski definition) is 1. The fraction of sp³-hybridized carbons (Fsp3) is 0.400. The first-order valence-electron chi connectivity index (χ1n) is 9.43. The number of benzene rings is 1. The Morgan fingerprint density at radius 1 is 1.17 bits per heavy atom. The Hall–Kier alpha value is -2.52. The summed E-state index contributed by atoms with van der Waals surface area (Å²) < 4.78 is 31.2. The van der Waals surface area contributed by atoms with Crippen LogP contribution in [-0.4, -0.2) is 63.0 Å². The number of cyclic esters (lactones) is 1. The minimum atomic E-state index is -1.25. The molecular weight excluding hydrogens is 397 g/mol. The molecule has 2 aliphatic rings. The maximum atomic E-state index is 14.8. The van der Waals surface area contributed by atoms with Crippen LogP contribution in [0, 0.1) is 12.7 Å². The summed E-state index contributed by atoms with van der Waals surface area (Å²) in [5.41, 5.74) is 2.01. The molecular formula is C20H22FN3O4S. The summed E-state index contributed by atoms with van der Waals surface area (Å²) >= 11 is 0. The molecule has 7 nitrogen and oxygen atoms in total. The number of aryl methyl sites for hydroxylation is 1. The molecule has 0 bridgehead atoms. The van der Waals surface area contributed by atoms with Crippen LogP contribution in [-0.2, 0) is 15.5 Å². The molecule has 2 aromatic rings. The highest BCUT2D eigenvalue weighted by molar-refractivity contribution is 7.85. The highest BCUT2D eigenvalue weighted by Crippen LogP contribution is 2.30. The number of amides is 1. The molecule has 1 aromatic carbocycles. The molecule has 2 aliphatic heterocycles. The third-order valence-electron chi connectivity index (χ3n) is 5.24. The second-order valence-electron chi connectivity index (χ2n) is 7.06. The number of halogens is 1. The summed E-state index contributed by atoms with van der Waals surface area (Å²) in [6.07, 6.45) is -1.86. The predicted molar refractivity (Wildman–Crippen MR) is 107 cm³/mol. The summed E-state index contributed by atoms with van der Waals surface area (Å²) in [5, 5.41) is 10.3. The SMILES string of the molecule is Cc1nc(N2CCS(=O)CC2)ccc1-c1ccc(C(O)N2CCOC2=O)cc1F. The first kappa shape index (κ1) is 19.8. The number of rotatable bonds is 4. The monoisotopic (exact) mass is 419 g/mol. The molecule has 154 valence electrons. The van der Waals surface area contributed by atoms with Crippen molar-refractivity contribution < 1.29 is 23.2 Å². The van der Waals surface area contributed by atoms with Crippen LogP contribution >= 0.6 is 0 Å². The van der Waals surface area contributed by atoms with E-state index in [2.05, 4.69) is 9.88 Å². The van der Waals surface area contributed by atoms with Gasteiger partial charge in [-0.25, -0.2) is 14.2 Å². The summed E-state index contributed by atoms with van der Waals surface area (Å²) in [6, 6.07) is 8.10. The average molecular weight is 419 g/mol. The van der Waals surface area contributed by atoms with E-state index in [1.165, 1.54) is 6.07 Å². The lowest BCUT2D eigenvalue weighted by atomic mass is 10.0. The Kier molecular flexibility index (Phi) is 5.51. The van der Waals surface area contributed by atoms with Gasteiger partial charge in [-0.1, -0.05) is 12.1 Å². The number of anilines is 1. The number of carbonyl (C=O) groups excluding carboxylic acids is 1. The molecule has 0 saturated carbocycles. The Bertz CT molecular complexity index is 961. The van der Waals surface area contributed by atoms with Gasteiger partial charge in [-0.15, -0.1) is 0 Å². The number of aliphatic hydroxyl groups is 1. The second kappa shape index (κ2) is 8.08. The number of pyridine rings is 1. The predicted octanol–water partition coefficient (Wildman–Crippen LogP) is 2.21. The number of carbonyl (C=O) groups is 1. The smallest absolute Gasteiger partial charge is 0.412 e. The van der Waals surface area contributed by atoms with Gasteiger partial charge < -0.3 is 14.7 Å². The fourth-order valence-electron chi connectivity index (χ4n) is 3.59. The van der Waals surface area contributed by atoms with Crippen molar-refractivity contribution in [3.63, 3.8) is 0 Å². The Morgan fingerprint density at radius 2 is 1.90 bits per heavy atom. The number of ether oxygens (including phenoxy) is 1. The Balaban J connectivity index is 1.56. The van der Waals surface area contributed by atoms with Crippen LogP contribution in [0.1, 0.15) is 17.5 Å². The van der Waals surface area contributed by atoms with Crippen molar-refractivity contribution in [2.75, 3.05) is 42.6 Å². The molecule has 1 N–H and O–H groups in total. The van der Waals surface area contributed by atoms with Gasteiger partial charge in [0.15, 0.2) is 6.23 Å². The van der Waals surface area contributed by atoms with Crippen LogP contribution in [0.4, 0.5) is 15.0 Å². The van der Waals surface area contributed by atoms with E-state index < -0.39 is 28.9 Å². The molecule has 0 aliphatic carbocycles. The number of aliphatic hydroxyl groups excluding tert-OH is 1. The molecule has 1 unspecified atom stereocenters. The van der Waals surface area contributed by atoms with E-state index in [1.807, 2.05) is 19.1 Å². The average Bonchev–Trinajstić information content (AvgIpc) is 3.14. The fourth-order valence-corrected chi connectivity index (χ4v) is 4.65. The molecule has 1 amide bonds. The third kappa shape index (κ3) is 3.97. The van der Waals surface area contributed by atoms with Crippen molar-refractivity contribution in [1.29, 1.82) is 0 Å². The number of hydrogen-bond acceptors (Lipinski definition) is 6. The topological polar surface area (TPSA) is 83.0 Å². The van der Waals surface area contributed by atoms with Gasteiger partial charge >= 0.3 is 6.09 Å². The van der Waals surface area contributed by atoms with Gasteiger partial charge in [-0.05, 0) is 25.1 Å². The summed E-state index contributed by atoms with van der Waals surface area (Å²) in [6.45, 7) is 3.68. The van der Waals surface area contributed by atoms with Gasteiger partial charge in [-0.2, -0.15) is 0 Å². The quantitative estimate of drug-likeness (QED) is 0.818. The van der Waals surface area contributed by atoms with Gasteiger partial charge in [0.1, 0.15) is 18.2 Å². The zero-order chi connectivity index (χ0) is 20.5. The van der Waals surface area contributed by atoms with Crippen molar-refractivity contribution in [3.05, 3.63) is 47.4 Å². The minimum Gasteiger partial charge on any atom is -0.447 e. The standard InChI is InChI=1S/C20H22FN3O4S/c1-13-15(4-5-18(22-13)23-7-10-29(27)11-8-23)16-3-2-14(12-17(16)21)19(25)24-6-9-28-20(24)26/h2-5,12,19,25H,6-11H2,1H3. The molecule has 3 heterocycles. The highest BCUT2D eigenvalue weighted by atomic mass is 32.2. The molecule has 2 saturated heterocycles. The second-order valence-corrected chi connectivity index (χ2v) is 8.75. The van der Waals surface area contributed by atoms with E-state index in [9.17, 15) is 18.5 Å². The molecule has 4 rings (SSSR count). The minimum absolute atomic E-state index is 0.209. The molecule has 2 fully saturated rings. The van der Waals surface area contributed by atoms with Gasteiger partial charge in [0, 0.05) is 57.8 Å². The summed E-state index contributed by atoms with van der Waals surface area (Å²) in [4.78, 5) is 19.5. The lowest BCUT2D eigenvalue weighted by Gasteiger charge is -2.28. The van der Waals surface area contributed by atoms with E-state index in [-0.39, 0.29) is 18.7 Å². The maximum Gasteiger partial charge on any atom is 0.412 e. The van der Waals surface area contributed by atoms with Crippen molar-refractivity contribution in [2.24, 2.45) is 0 Å². The van der Waals surface area contributed by atoms with Crippen LogP contribution in [0.15, 0.2) is 30.3 Å². The van der Waals surface area contributed by atoms with E-state index in [4.69, 9.17) is 4.74 Å². The maximum absolute atomic E-state index is 14.8. The van der Waals surface area contributed by atoms with Crippen LogP contribution < -0.4 is 4.90 Å². The van der Waals surface area contributed by atoms with Crippen LogP contribution in [0.2, 0.25) is 0 Å².